The fraction of sp³-hybridized carbons (Fsp3) is 0.154. The predicted molar refractivity (Wildman–Crippen MR) is 63.3 cm³/mol. The highest BCUT2D eigenvalue weighted by Gasteiger charge is 2.10. The molecule has 0 aliphatic heterocycles. The Balaban J connectivity index is 2.29. The van der Waals surface area contributed by atoms with Crippen LogP contribution in [0.1, 0.15) is 11.1 Å². The Morgan fingerprint density at radius 1 is 1.33 bits per heavy atom. The molecule has 18 heavy (non-hydrogen) atoms. The molecule has 0 saturated heterocycles. The lowest BCUT2D eigenvalue weighted by molar-refractivity contribution is 0.405. The van der Waals surface area contributed by atoms with Crippen LogP contribution < -0.4 is 10.5 Å². The van der Waals surface area contributed by atoms with Gasteiger partial charge in [-0.1, -0.05) is 6.07 Å². The van der Waals surface area contributed by atoms with Crippen molar-refractivity contribution in [2.45, 2.75) is 13.5 Å². The van der Waals surface area contributed by atoms with E-state index in [2.05, 4.69) is 4.98 Å². The van der Waals surface area contributed by atoms with Gasteiger partial charge in [0.2, 0.25) is 11.7 Å². The second kappa shape index (κ2) is 5.10. The number of benzene rings is 1. The molecule has 0 atom stereocenters. The lowest BCUT2D eigenvalue weighted by Gasteiger charge is -2.08. The molecule has 3 nitrogen and oxygen atoms in total. The molecule has 0 aliphatic carbocycles. The first kappa shape index (κ1) is 12.4. The van der Waals surface area contributed by atoms with Gasteiger partial charge in [0, 0.05) is 18.8 Å². The van der Waals surface area contributed by atoms with Gasteiger partial charge in [-0.3, -0.25) is 0 Å². The van der Waals surface area contributed by atoms with Gasteiger partial charge in [-0.2, -0.15) is 4.39 Å². The minimum Gasteiger partial charge on any atom is -0.436 e. The minimum atomic E-state index is -1.03. The molecule has 0 bridgehead atoms. The van der Waals surface area contributed by atoms with E-state index in [1.54, 1.807) is 12.3 Å². The third-order valence-electron chi connectivity index (χ3n) is 2.54. The Morgan fingerprint density at radius 3 is 2.78 bits per heavy atom. The first-order chi connectivity index (χ1) is 8.61. The Morgan fingerprint density at radius 2 is 2.11 bits per heavy atom. The summed E-state index contributed by atoms with van der Waals surface area (Å²) in [6.07, 6.45) is 1.56. The fourth-order valence-electron chi connectivity index (χ4n) is 1.50. The van der Waals surface area contributed by atoms with E-state index >= 15 is 0 Å². The van der Waals surface area contributed by atoms with E-state index in [-0.39, 0.29) is 11.6 Å². The van der Waals surface area contributed by atoms with Crippen molar-refractivity contribution in [1.29, 1.82) is 0 Å². The molecule has 5 heteroatoms. The molecule has 0 fully saturated rings. The normalized spacial score (nSPS) is 10.4. The van der Waals surface area contributed by atoms with E-state index in [4.69, 9.17) is 10.5 Å². The number of aromatic nitrogens is 1. The molecular formula is C13H12F2N2O. The smallest absolute Gasteiger partial charge is 0.219 e. The maximum Gasteiger partial charge on any atom is 0.219 e. The molecule has 0 amide bonds. The summed E-state index contributed by atoms with van der Waals surface area (Å²) in [5, 5.41) is 0. The number of nitrogens with two attached hydrogens (primary N) is 1. The van der Waals surface area contributed by atoms with Gasteiger partial charge in [-0.15, -0.1) is 0 Å². The van der Waals surface area contributed by atoms with Gasteiger partial charge in [-0.05, 0) is 30.2 Å². The second-order valence-electron chi connectivity index (χ2n) is 3.81. The molecule has 1 aromatic carbocycles. The molecule has 1 heterocycles. The van der Waals surface area contributed by atoms with E-state index in [0.29, 0.717) is 6.54 Å². The molecule has 94 valence electrons. The van der Waals surface area contributed by atoms with E-state index in [1.807, 2.05) is 6.92 Å². The average molecular weight is 250 g/mol. The van der Waals surface area contributed by atoms with Crippen LogP contribution in [0.2, 0.25) is 0 Å². The van der Waals surface area contributed by atoms with Crippen molar-refractivity contribution in [2.24, 2.45) is 5.73 Å². The van der Waals surface area contributed by atoms with E-state index in [1.165, 1.54) is 12.1 Å². The first-order valence-corrected chi connectivity index (χ1v) is 5.39. The van der Waals surface area contributed by atoms with Crippen molar-refractivity contribution in [1.82, 2.24) is 4.98 Å². The molecule has 0 unspecified atom stereocenters. The number of pyridine rings is 1. The van der Waals surface area contributed by atoms with Crippen LogP contribution in [-0.4, -0.2) is 4.98 Å². The topological polar surface area (TPSA) is 48.1 Å². The zero-order valence-corrected chi connectivity index (χ0v) is 9.78. The van der Waals surface area contributed by atoms with Gasteiger partial charge >= 0.3 is 0 Å². The average Bonchev–Trinajstić information content (AvgIpc) is 2.35. The van der Waals surface area contributed by atoms with Gasteiger partial charge in [0.15, 0.2) is 11.6 Å². The predicted octanol–water partition coefficient (Wildman–Crippen LogP) is 2.92. The van der Waals surface area contributed by atoms with E-state index in [9.17, 15) is 8.78 Å². The summed E-state index contributed by atoms with van der Waals surface area (Å²) in [7, 11) is 0. The van der Waals surface area contributed by atoms with Gasteiger partial charge < -0.3 is 10.5 Å². The number of hydrogen-bond donors (Lipinski definition) is 1. The number of halogens is 2. The Hall–Kier alpha value is -2.01. The Kier molecular flexibility index (Phi) is 3.53. The van der Waals surface area contributed by atoms with Gasteiger partial charge in [0.25, 0.3) is 0 Å². The highest BCUT2D eigenvalue weighted by Crippen LogP contribution is 2.25. The number of rotatable bonds is 3. The monoisotopic (exact) mass is 250 g/mol. The van der Waals surface area contributed by atoms with Crippen LogP contribution in [0.15, 0.2) is 30.5 Å². The zero-order chi connectivity index (χ0) is 13.1. The standard InChI is InChI=1S/C13H12F2N2O/c1-8-5-12(17-7-9(8)6-16)18-11-4-2-3-10(14)13(11)15/h2-5,7H,6,16H2,1H3. The van der Waals surface area contributed by atoms with Crippen LogP contribution >= 0.6 is 0 Å². The van der Waals surface area contributed by atoms with Crippen LogP contribution in [0, 0.1) is 18.6 Å². The quantitative estimate of drug-likeness (QED) is 0.911. The van der Waals surface area contributed by atoms with Gasteiger partial charge in [0.05, 0.1) is 0 Å². The maximum atomic E-state index is 13.4. The van der Waals surface area contributed by atoms with Gasteiger partial charge in [-0.25, -0.2) is 9.37 Å². The van der Waals surface area contributed by atoms with Gasteiger partial charge in [0.1, 0.15) is 0 Å². The molecule has 2 aromatic rings. The third kappa shape index (κ3) is 2.46. The van der Waals surface area contributed by atoms with Crippen LogP contribution in [0.25, 0.3) is 0 Å². The number of nitrogens with zero attached hydrogens (tertiary/aromatic N) is 1. The molecule has 0 spiro atoms. The van der Waals surface area contributed by atoms with Crippen LogP contribution in [-0.2, 0) is 6.54 Å². The van der Waals surface area contributed by atoms with Crippen LogP contribution in [0.5, 0.6) is 11.6 Å². The van der Waals surface area contributed by atoms with Crippen molar-refractivity contribution in [2.75, 3.05) is 0 Å². The highest BCUT2D eigenvalue weighted by atomic mass is 19.2. The Bertz CT molecular complexity index is 573. The highest BCUT2D eigenvalue weighted by molar-refractivity contribution is 5.33. The molecule has 2 rings (SSSR count). The number of hydrogen-bond acceptors (Lipinski definition) is 3. The molecule has 2 N–H and O–H groups in total. The minimum absolute atomic E-state index is 0.192. The summed E-state index contributed by atoms with van der Waals surface area (Å²) < 4.78 is 31.6. The summed E-state index contributed by atoms with van der Waals surface area (Å²) >= 11 is 0. The third-order valence-corrected chi connectivity index (χ3v) is 2.54. The second-order valence-corrected chi connectivity index (χ2v) is 3.81. The number of ether oxygens (including phenoxy) is 1. The maximum absolute atomic E-state index is 13.4. The SMILES string of the molecule is Cc1cc(Oc2cccc(F)c2F)ncc1CN. The van der Waals surface area contributed by atoms with E-state index < -0.39 is 11.6 Å². The molecule has 0 aliphatic rings. The summed E-state index contributed by atoms with van der Waals surface area (Å²) in [6, 6.07) is 5.37. The summed E-state index contributed by atoms with van der Waals surface area (Å²) in [4.78, 5) is 3.99. The lowest BCUT2D eigenvalue weighted by atomic mass is 10.1. The molecular weight excluding hydrogens is 238 g/mol. The van der Waals surface area contributed by atoms with Crippen LogP contribution in [0.4, 0.5) is 8.78 Å². The lowest BCUT2D eigenvalue weighted by Crippen LogP contribution is -2.01. The first-order valence-electron chi connectivity index (χ1n) is 5.39. The zero-order valence-electron chi connectivity index (χ0n) is 9.78. The molecule has 0 radical (unpaired) electrons. The van der Waals surface area contributed by atoms with Crippen molar-refractivity contribution in [3.63, 3.8) is 0 Å². The van der Waals surface area contributed by atoms with Crippen molar-refractivity contribution < 1.29 is 13.5 Å². The van der Waals surface area contributed by atoms with Crippen molar-refractivity contribution >= 4 is 0 Å². The summed E-state index contributed by atoms with van der Waals surface area (Å²) in [5.74, 6) is -1.97. The van der Waals surface area contributed by atoms with Crippen molar-refractivity contribution in [3.8, 4) is 11.6 Å². The van der Waals surface area contributed by atoms with Crippen molar-refractivity contribution in [3.05, 3.63) is 53.2 Å². The molecule has 0 saturated carbocycles. The summed E-state index contributed by atoms with van der Waals surface area (Å²) in [6.45, 7) is 2.21. The van der Waals surface area contributed by atoms with Crippen LogP contribution in [0.3, 0.4) is 0 Å². The largest absolute Gasteiger partial charge is 0.436 e. The molecule has 1 aromatic heterocycles. The summed E-state index contributed by atoms with van der Waals surface area (Å²) in [5.41, 5.74) is 7.27. The Labute approximate surface area is 103 Å². The fourth-order valence-corrected chi connectivity index (χ4v) is 1.50. The van der Waals surface area contributed by atoms with E-state index in [0.717, 1.165) is 17.2 Å². The number of aryl methyl sites for hydroxylation is 1.